The summed E-state index contributed by atoms with van der Waals surface area (Å²) in [5.74, 6) is 0.0304. The number of likely N-dealkylation sites (tertiary alicyclic amines) is 1. The fraction of sp³-hybridized carbons (Fsp3) is 0.269. The number of carbonyl (C=O) groups excluding carboxylic acids is 1. The van der Waals surface area contributed by atoms with Gasteiger partial charge in [-0.05, 0) is 43.5 Å². The van der Waals surface area contributed by atoms with Crippen LogP contribution >= 0.6 is 11.3 Å². The van der Waals surface area contributed by atoms with Crippen LogP contribution in [0.3, 0.4) is 0 Å². The summed E-state index contributed by atoms with van der Waals surface area (Å²) in [6, 6.07) is 18.5. The summed E-state index contributed by atoms with van der Waals surface area (Å²) in [6.45, 7) is 1.40. The van der Waals surface area contributed by atoms with E-state index in [1.165, 1.54) is 4.70 Å². The van der Waals surface area contributed by atoms with Crippen LogP contribution in [0.1, 0.15) is 42.3 Å². The van der Waals surface area contributed by atoms with Gasteiger partial charge in [-0.15, -0.1) is 11.3 Å². The first-order chi connectivity index (χ1) is 15.7. The molecule has 0 N–H and O–H groups in total. The van der Waals surface area contributed by atoms with Gasteiger partial charge < -0.3 is 9.47 Å². The van der Waals surface area contributed by atoms with Crippen LogP contribution in [-0.2, 0) is 11.3 Å². The Bertz CT molecular complexity index is 1310. The predicted octanol–water partition coefficient (Wildman–Crippen LogP) is 5.93. The van der Waals surface area contributed by atoms with E-state index in [1.807, 2.05) is 47.5 Å². The SMILES string of the molecule is N#CCCn1cc(C=CC(=O)N2CCCCC2c2nc3ccccc3s2)c2ccccc21. The molecule has 6 heteroatoms. The highest BCUT2D eigenvalue weighted by atomic mass is 32.1. The van der Waals surface area contributed by atoms with E-state index in [2.05, 4.69) is 28.8 Å². The van der Waals surface area contributed by atoms with Crippen LogP contribution in [-0.4, -0.2) is 26.9 Å². The van der Waals surface area contributed by atoms with Gasteiger partial charge >= 0.3 is 0 Å². The minimum atomic E-state index is 0.0304. The number of nitrogens with zero attached hydrogens (tertiary/aromatic N) is 4. The lowest BCUT2D eigenvalue weighted by atomic mass is 10.0. The molecule has 160 valence electrons. The summed E-state index contributed by atoms with van der Waals surface area (Å²) in [6.07, 6.45) is 9.19. The molecule has 1 unspecified atom stereocenters. The van der Waals surface area contributed by atoms with Crippen LogP contribution in [0.15, 0.2) is 60.8 Å². The third-order valence-electron chi connectivity index (χ3n) is 6.07. The molecule has 32 heavy (non-hydrogen) atoms. The molecule has 1 atom stereocenters. The van der Waals surface area contributed by atoms with E-state index in [1.54, 1.807) is 17.4 Å². The Hall–Kier alpha value is -3.43. The van der Waals surface area contributed by atoms with Gasteiger partial charge in [0.05, 0.1) is 28.7 Å². The summed E-state index contributed by atoms with van der Waals surface area (Å²) in [5, 5.41) is 11.1. The summed E-state index contributed by atoms with van der Waals surface area (Å²) in [7, 11) is 0. The van der Waals surface area contributed by atoms with Crippen LogP contribution < -0.4 is 0 Å². The molecule has 2 aromatic heterocycles. The first-order valence-corrected chi connectivity index (χ1v) is 11.9. The zero-order chi connectivity index (χ0) is 21.9. The van der Waals surface area contributed by atoms with Crippen molar-refractivity contribution in [2.75, 3.05) is 6.54 Å². The van der Waals surface area contributed by atoms with Crippen LogP contribution in [0.4, 0.5) is 0 Å². The van der Waals surface area contributed by atoms with Crippen molar-refractivity contribution >= 4 is 44.4 Å². The molecular weight excluding hydrogens is 416 g/mol. The lowest BCUT2D eigenvalue weighted by Crippen LogP contribution is -2.37. The number of aryl methyl sites for hydroxylation is 1. The molecule has 1 aliphatic rings. The topological polar surface area (TPSA) is 61.9 Å². The number of rotatable bonds is 5. The van der Waals surface area contributed by atoms with Gasteiger partial charge in [0.1, 0.15) is 5.01 Å². The second kappa shape index (κ2) is 8.97. The Morgan fingerprint density at radius 1 is 1.19 bits per heavy atom. The first kappa shape index (κ1) is 20.5. The normalized spacial score (nSPS) is 16.7. The summed E-state index contributed by atoms with van der Waals surface area (Å²) < 4.78 is 3.26. The van der Waals surface area contributed by atoms with Crippen molar-refractivity contribution < 1.29 is 4.79 Å². The van der Waals surface area contributed by atoms with Gasteiger partial charge in [-0.1, -0.05) is 30.3 Å². The van der Waals surface area contributed by atoms with Crippen molar-refractivity contribution in [1.82, 2.24) is 14.5 Å². The van der Waals surface area contributed by atoms with E-state index >= 15 is 0 Å². The maximum Gasteiger partial charge on any atom is 0.247 e. The molecule has 0 saturated carbocycles. The largest absolute Gasteiger partial charge is 0.346 e. The molecule has 0 radical (unpaired) electrons. The Balaban J connectivity index is 1.41. The van der Waals surface area contributed by atoms with E-state index < -0.39 is 0 Å². The van der Waals surface area contributed by atoms with Crippen LogP contribution in [0.5, 0.6) is 0 Å². The molecule has 0 spiro atoms. The van der Waals surface area contributed by atoms with Gasteiger partial charge in [-0.3, -0.25) is 4.79 Å². The van der Waals surface area contributed by atoms with Gasteiger partial charge in [0.15, 0.2) is 0 Å². The van der Waals surface area contributed by atoms with E-state index in [-0.39, 0.29) is 11.9 Å². The smallest absolute Gasteiger partial charge is 0.247 e. The first-order valence-electron chi connectivity index (χ1n) is 11.0. The molecule has 3 heterocycles. The molecule has 0 aliphatic carbocycles. The van der Waals surface area contributed by atoms with E-state index in [9.17, 15) is 4.79 Å². The Labute approximate surface area is 191 Å². The summed E-state index contributed by atoms with van der Waals surface area (Å²) >= 11 is 1.69. The molecule has 5 nitrogen and oxygen atoms in total. The molecular formula is C26H24N4OS. The highest BCUT2D eigenvalue weighted by Gasteiger charge is 2.29. The second-order valence-corrected chi connectivity index (χ2v) is 9.16. The van der Waals surface area contributed by atoms with E-state index in [0.717, 1.165) is 52.8 Å². The zero-order valence-corrected chi connectivity index (χ0v) is 18.6. The maximum absolute atomic E-state index is 13.3. The fourth-order valence-electron chi connectivity index (χ4n) is 4.50. The second-order valence-electron chi connectivity index (χ2n) is 8.10. The molecule has 0 bridgehead atoms. The molecule has 4 aromatic rings. The lowest BCUT2D eigenvalue weighted by Gasteiger charge is -2.33. The summed E-state index contributed by atoms with van der Waals surface area (Å²) in [5.41, 5.74) is 3.09. The van der Waals surface area contributed by atoms with Crippen LogP contribution in [0.25, 0.3) is 27.2 Å². The number of thiazole rings is 1. The predicted molar refractivity (Wildman–Crippen MR) is 129 cm³/mol. The highest BCUT2D eigenvalue weighted by Crippen LogP contribution is 2.36. The molecule has 1 fully saturated rings. The molecule has 1 amide bonds. The molecule has 1 saturated heterocycles. The van der Waals surface area contributed by atoms with Gasteiger partial charge in [-0.25, -0.2) is 4.98 Å². The van der Waals surface area contributed by atoms with E-state index in [0.29, 0.717) is 13.0 Å². The Morgan fingerprint density at radius 3 is 2.91 bits per heavy atom. The lowest BCUT2D eigenvalue weighted by molar-refractivity contribution is -0.129. The van der Waals surface area contributed by atoms with Crippen molar-refractivity contribution in [2.45, 2.75) is 38.3 Å². The number of fused-ring (bicyclic) bond motifs is 2. The zero-order valence-electron chi connectivity index (χ0n) is 17.8. The van der Waals surface area contributed by atoms with Gasteiger partial charge in [0.2, 0.25) is 5.91 Å². The number of carbonyl (C=O) groups is 1. The van der Waals surface area contributed by atoms with Crippen LogP contribution in [0, 0.1) is 11.3 Å². The number of para-hydroxylation sites is 2. The summed E-state index contributed by atoms with van der Waals surface area (Å²) in [4.78, 5) is 20.1. The average molecular weight is 441 g/mol. The number of nitriles is 1. The van der Waals surface area contributed by atoms with Gasteiger partial charge in [0.25, 0.3) is 0 Å². The van der Waals surface area contributed by atoms with Gasteiger partial charge in [0, 0.05) is 41.8 Å². The number of hydrogen-bond donors (Lipinski definition) is 0. The van der Waals surface area contributed by atoms with Crippen molar-refractivity contribution in [1.29, 1.82) is 5.26 Å². The molecule has 2 aromatic carbocycles. The maximum atomic E-state index is 13.3. The minimum absolute atomic E-state index is 0.0304. The third kappa shape index (κ3) is 3.92. The number of aromatic nitrogens is 2. The number of piperidine rings is 1. The fourth-order valence-corrected chi connectivity index (χ4v) is 5.62. The van der Waals surface area contributed by atoms with Gasteiger partial charge in [-0.2, -0.15) is 5.26 Å². The third-order valence-corrected chi connectivity index (χ3v) is 7.21. The Morgan fingerprint density at radius 2 is 2.03 bits per heavy atom. The van der Waals surface area contributed by atoms with Crippen molar-refractivity contribution in [3.63, 3.8) is 0 Å². The number of benzene rings is 2. The van der Waals surface area contributed by atoms with E-state index in [4.69, 9.17) is 10.2 Å². The molecule has 1 aliphatic heterocycles. The number of amides is 1. The Kier molecular flexibility index (Phi) is 5.74. The highest BCUT2D eigenvalue weighted by molar-refractivity contribution is 7.18. The molecule has 5 rings (SSSR count). The van der Waals surface area contributed by atoms with Crippen molar-refractivity contribution in [3.05, 3.63) is 71.4 Å². The standard InChI is InChI=1S/C26H24N4OS/c27-15-7-16-29-18-19(20-8-1-3-10-22(20)29)13-14-25(31)30-17-6-5-11-23(30)26-28-21-9-2-4-12-24(21)32-26/h1-4,8-10,12-14,18,23H,5-7,11,16-17H2. The van der Waals surface area contributed by atoms with Crippen molar-refractivity contribution in [3.8, 4) is 6.07 Å². The monoisotopic (exact) mass is 440 g/mol. The van der Waals surface area contributed by atoms with Crippen molar-refractivity contribution in [2.24, 2.45) is 0 Å². The minimum Gasteiger partial charge on any atom is -0.346 e. The average Bonchev–Trinajstić information content (AvgIpc) is 3.43. The quantitative estimate of drug-likeness (QED) is 0.361. The number of hydrogen-bond acceptors (Lipinski definition) is 4. The van der Waals surface area contributed by atoms with Crippen LogP contribution in [0.2, 0.25) is 0 Å².